The summed E-state index contributed by atoms with van der Waals surface area (Å²) in [6.45, 7) is 3.69. The van der Waals surface area contributed by atoms with Crippen LogP contribution in [0.4, 0.5) is 5.95 Å². The number of nitrogens with one attached hydrogen (secondary N) is 1. The summed E-state index contributed by atoms with van der Waals surface area (Å²) in [6.07, 6.45) is 3.03. The van der Waals surface area contributed by atoms with Gasteiger partial charge in [0, 0.05) is 17.5 Å². The quantitative estimate of drug-likeness (QED) is 0.812. The fourth-order valence-electron chi connectivity index (χ4n) is 2.30. The number of carbonyl (C=O) groups is 1. The molecule has 7 heteroatoms. The molecule has 1 heterocycles. The fraction of sp³-hybridized carbons (Fsp3) is 0.278. The van der Waals surface area contributed by atoms with Gasteiger partial charge in [0.15, 0.2) is 11.5 Å². The van der Waals surface area contributed by atoms with E-state index < -0.39 is 0 Å². The first-order chi connectivity index (χ1) is 12.0. The van der Waals surface area contributed by atoms with Crippen molar-refractivity contribution in [3.05, 3.63) is 41.2 Å². The second-order valence-corrected chi connectivity index (χ2v) is 5.26. The van der Waals surface area contributed by atoms with Gasteiger partial charge in [0.25, 0.3) is 5.91 Å². The van der Waals surface area contributed by atoms with Gasteiger partial charge >= 0.3 is 0 Å². The van der Waals surface area contributed by atoms with Gasteiger partial charge in [-0.25, -0.2) is 9.97 Å². The number of carbonyl (C=O) groups excluding carboxylic acids is 1. The van der Waals surface area contributed by atoms with Crippen LogP contribution < -0.4 is 19.5 Å². The Balaban J connectivity index is 2.19. The van der Waals surface area contributed by atoms with Crippen molar-refractivity contribution < 1.29 is 19.0 Å². The number of hydrogen-bond donors (Lipinski definition) is 1. The number of anilines is 1. The van der Waals surface area contributed by atoms with Crippen molar-refractivity contribution in [3.63, 3.8) is 0 Å². The highest BCUT2D eigenvalue weighted by atomic mass is 16.5. The first kappa shape index (κ1) is 18.3. The Kier molecular flexibility index (Phi) is 5.94. The van der Waals surface area contributed by atoms with Gasteiger partial charge in [0.05, 0.1) is 21.3 Å². The van der Waals surface area contributed by atoms with Gasteiger partial charge in [-0.1, -0.05) is 0 Å². The minimum atomic E-state index is -0.334. The molecule has 0 aliphatic rings. The molecule has 25 heavy (non-hydrogen) atoms. The normalized spacial score (nSPS) is 10.6. The summed E-state index contributed by atoms with van der Waals surface area (Å²) in [6, 6.07) is 5.33. The first-order valence-corrected chi connectivity index (χ1v) is 7.58. The molecule has 0 bridgehead atoms. The Bertz CT molecular complexity index is 758. The number of aryl methyl sites for hydroxylation is 2. The van der Waals surface area contributed by atoms with Crippen molar-refractivity contribution in [2.75, 3.05) is 26.6 Å². The van der Waals surface area contributed by atoms with Crippen molar-refractivity contribution in [2.24, 2.45) is 0 Å². The molecule has 0 unspecified atom stereocenters. The summed E-state index contributed by atoms with van der Waals surface area (Å²) in [5.41, 5.74) is 2.30. The molecule has 0 aliphatic heterocycles. The Morgan fingerprint density at radius 2 is 1.52 bits per heavy atom. The van der Waals surface area contributed by atoms with Crippen molar-refractivity contribution in [2.45, 2.75) is 13.8 Å². The second-order valence-electron chi connectivity index (χ2n) is 5.26. The second kappa shape index (κ2) is 8.14. The lowest BCUT2D eigenvalue weighted by Gasteiger charge is -2.12. The summed E-state index contributed by atoms with van der Waals surface area (Å²) in [4.78, 5) is 20.4. The van der Waals surface area contributed by atoms with E-state index in [9.17, 15) is 4.79 Å². The predicted molar refractivity (Wildman–Crippen MR) is 95.3 cm³/mol. The molecule has 0 saturated carbocycles. The Morgan fingerprint density at radius 1 is 0.960 bits per heavy atom. The van der Waals surface area contributed by atoms with Crippen molar-refractivity contribution in [3.8, 4) is 17.2 Å². The van der Waals surface area contributed by atoms with E-state index in [2.05, 4.69) is 15.3 Å². The van der Waals surface area contributed by atoms with Crippen LogP contribution in [0.1, 0.15) is 17.0 Å². The standard InChI is InChI=1S/C18H21N3O4/c1-11-8-12(2)20-18(19-11)21-16(22)7-6-13-9-14(23-3)17(25-5)15(10-13)24-4/h6-10H,1-5H3,(H,19,20,21,22)/b7-6+. The zero-order valence-corrected chi connectivity index (χ0v) is 14.9. The molecule has 1 N–H and O–H groups in total. The summed E-state index contributed by atoms with van der Waals surface area (Å²) >= 11 is 0. The predicted octanol–water partition coefficient (Wildman–Crippen LogP) is 2.77. The van der Waals surface area contributed by atoms with Crippen LogP contribution in [0.15, 0.2) is 24.3 Å². The summed E-state index contributed by atoms with van der Waals surface area (Å²) in [5, 5.41) is 2.64. The third-order valence-electron chi connectivity index (χ3n) is 3.33. The molecule has 0 radical (unpaired) electrons. The van der Waals surface area contributed by atoms with Crippen LogP contribution in [0.5, 0.6) is 17.2 Å². The monoisotopic (exact) mass is 343 g/mol. The number of amides is 1. The van der Waals surface area contributed by atoms with Gasteiger partial charge in [-0.3, -0.25) is 10.1 Å². The molecule has 1 aromatic carbocycles. The molecule has 1 aromatic heterocycles. The molecule has 2 aromatic rings. The number of hydrogen-bond acceptors (Lipinski definition) is 6. The van der Waals surface area contributed by atoms with Gasteiger partial charge < -0.3 is 14.2 Å². The average molecular weight is 343 g/mol. The highest BCUT2D eigenvalue weighted by molar-refractivity contribution is 6.01. The van der Waals surface area contributed by atoms with Crippen LogP contribution in [0, 0.1) is 13.8 Å². The Morgan fingerprint density at radius 3 is 2.00 bits per heavy atom. The number of ether oxygens (including phenoxy) is 3. The molecule has 7 nitrogen and oxygen atoms in total. The zero-order valence-electron chi connectivity index (χ0n) is 14.9. The van der Waals surface area contributed by atoms with Gasteiger partial charge in [0.1, 0.15) is 0 Å². The van der Waals surface area contributed by atoms with Gasteiger partial charge in [0.2, 0.25) is 11.7 Å². The van der Waals surface area contributed by atoms with Gasteiger partial charge in [-0.05, 0) is 43.7 Å². The fourth-order valence-corrected chi connectivity index (χ4v) is 2.30. The van der Waals surface area contributed by atoms with E-state index in [4.69, 9.17) is 14.2 Å². The topological polar surface area (TPSA) is 82.6 Å². The minimum Gasteiger partial charge on any atom is -0.493 e. The molecule has 2 rings (SSSR count). The maximum atomic E-state index is 12.1. The van der Waals surface area contributed by atoms with Crippen LogP contribution in [-0.4, -0.2) is 37.2 Å². The lowest BCUT2D eigenvalue weighted by atomic mass is 10.1. The average Bonchev–Trinajstić information content (AvgIpc) is 2.57. The van der Waals surface area contributed by atoms with E-state index in [0.29, 0.717) is 17.2 Å². The van der Waals surface area contributed by atoms with Gasteiger partial charge in [-0.15, -0.1) is 0 Å². The smallest absolute Gasteiger partial charge is 0.250 e. The lowest BCUT2D eigenvalue weighted by molar-refractivity contribution is -0.111. The van der Waals surface area contributed by atoms with Crippen LogP contribution in [-0.2, 0) is 4.79 Å². The van der Waals surface area contributed by atoms with Crippen molar-refractivity contribution in [1.82, 2.24) is 9.97 Å². The molecule has 132 valence electrons. The molecule has 0 spiro atoms. The molecular weight excluding hydrogens is 322 g/mol. The summed E-state index contributed by atoms with van der Waals surface area (Å²) in [7, 11) is 4.61. The van der Waals surface area contributed by atoms with Crippen LogP contribution in [0.2, 0.25) is 0 Å². The number of methoxy groups -OCH3 is 3. The summed E-state index contributed by atoms with van der Waals surface area (Å²) < 4.78 is 15.8. The third kappa shape index (κ3) is 4.69. The van der Waals surface area contributed by atoms with Crippen LogP contribution in [0.25, 0.3) is 6.08 Å². The summed E-state index contributed by atoms with van der Waals surface area (Å²) in [5.74, 6) is 1.46. The third-order valence-corrected chi connectivity index (χ3v) is 3.33. The molecular formula is C18H21N3O4. The maximum absolute atomic E-state index is 12.1. The SMILES string of the molecule is COc1cc(/C=C/C(=O)Nc2nc(C)cc(C)n2)cc(OC)c1OC. The van der Waals surface area contributed by atoms with E-state index in [1.165, 1.54) is 27.4 Å². The van der Waals surface area contributed by atoms with E-state index >= 15 is 0 Å². The van der Waals surface area contributed by atoms with E-state index in [1.807, 2.05) is 19.9 Å². The van der Waals surface area contributed by atoms with Gasteiger partial charge in [-0.2, -0.15) is 0 Å². The van der Waals surface area contributed by atoms with Crippen molar-refractivity contribution in [1.29, 1.82) is 0 Å². The van der Waals surface area contributed by atoms with E-state index in [0.717, 1.165) is 17.0 Å². The maximum Gasteiger partial charge on any atom is 0.250 e. The van der Waals surface area contributed by atoms with Crippen molar-refractivity contribution >= 4 is 17.9 Å². The molecule has 0 atom stereocenters. The number of aromatic nitrogens is 2. The van der Waals surface area contributed by atoms with E-state index in [1.54, 1.807) is 18.2 Å². The molecule has 1 amide bonds. The zero-order chi connectivity index (χ0) is 18.4. The largest absolute Gasteiger partial charge is 0.493 e. The minimum absolute atomic E-state index is 0.275. The van der Waals surface area contributed by atoms with E-state index in [-0.39, 0.29) is 11.9 Å². The Hall–Kier alpha value is -3.09. The molecule has 0 aliphatic carbocycles. The number of rotatable bonds is 6. The highest BCUT2D eigenvalue weighted by Crippen LogP contribution is 2.38. The van der Waals surface area contributed by atoms with Crippen LogP contribution >= 0.6 is 0 Å². The lowest BCUT2D eigenvalue weighted by Crippen LogP contribution is -2.11. The number of nitrogens with zero attached hydrogens (tertiary/aromatic N) is 2. The van der Waals surface area contributed by atoms with Crippen LogP contribution in [0.3, 0.4) is 0 Å². The Labute approximate surface area is 146 Å². The first-order valence-electron chi connectivity index (χ1n) is 7.58. The molecule has 0 fully saturated rings. The molecule has 0 saturated heterocycles. The highest BCUT2D eigenvalue weighted by Gasteiger charge is 2.12. The number of benzene rings is 1.